The topological polar surface area (TPSA) is 41.6 Å². The van der Waals surface area contributed by atoms with Gasteiger partial charge in [0.15, 0.2) is 11.6 Å². The minimum Gasteiger partial charge on any atom is -0.491 e. The van der Waals surface area contributed by atoms with Crippen LogP contribution in [0.2, 0.25) is 0 Å². The van der Waals surface area contributed by atoms with Crippen LogP contribution >= 0.6 is 0 Å². The van der Waals surface area contributed by atoms with E-state index < -0.39 is 0 Å². The summed E-state index contributed by atoms with van der Waals surface area (Å²) in [5, 5.41) is 1.58. The van der Waals surface area contributed by atoms with E-state index in [1.165, 1.54) is 6.07 Å². The Labute approximate surface area is 107 Å². The summed E-state index contributed by atoms with van der Waals surface area (Å²) in [6.45, 7) is 2.24. The fourth-order valence-corrected chi connectivity index (χ4v) is 1.54. The number of ether oxygens (including phenoxy) is 1. The number of hydrogen-bond acceptors (Lipinski definition) is 3. The summed E-state index contributed by atoms with van der Waals surface area (Å²) in [5.41, 5.74) is 3.42. The minimum absolute atomic E-state index is 0.0886. The van der Waals surface area contributed by atoms with Crippen LogP contribution in [0.15, 0.2) is 18.2 Å². The predicted octanol–water partition coefficient (Wildman–Crippen LogP) is 1.75. The molecule has 1 aromatic rings. The summed E-state index contributed by atoms with van der Waals surface area (Å²) in [4.78, 5) is 11.4. The minimum atomic E-state index is -0.387. The standard InChI is InChI=1S/C13H19FN2O2/c1-4-18-12-7-5-10(9-11(12)14)6-8-13(17)15-16(2)3/h5,7,9H,4,6,8H2,1-3H3,(H,15,17). The van der Waals surface area contributed by atoms with Gasteiger partial charge in [-0.05, 0) is 31.0 Å². The smallest absolute Gasteiger partial charge is 0.234 e. The van der Waals surface area contributed by atoms with Crippen LogP contribution < -0.4 is 10.2 Å². The Morgan fingerprint density at radius 1 is 1.44 bits per heavy atom. The lowest BCUT2D eigenvalue weighted by atomic mass is 10.1. The first-order valence-corrected chi connectivity index (χ1v) is 5.91. The Morgan fingerprint density at radius 2 is 2.17 bits per heavy atom. The molecular weight excluding hydrogens is 235 g/mol. The van der Waals surface area contributed by atoms with Gasteiger partial charge in [0, 0.05) is 20.5 Å². The van der Waals surface area contributed by atoms with Crippen molar-refractivity contribution in [1.29, 1.82) is 0 Å². The number of carbonyl (C=O) groups is 1. The SMILES string of the molecule is CCOc1ccc(CCC(=O)NN(C)C)cc1F. The van der Waals surface area contributed by atoms with E-state index in [4.69, 9.17) is 4.74 Å². The van der Waals surface area contributed by atoms with Crippen LogP contribution in [0.4, 0.5) is 4.39 Å². The van der Waals surface area contributed by atoms with Crippen LogP contribution in [0.3, 0.4) is 0 Å². The van der Waals surface area contributed by atoms with E-state index in [-0.39, 0.29) is 17.5 Å². The first-order valence-electron chi connectivity index (χ1n) is 5.91. The largest absolute Gasteiger partial charge is 0.491 e. The summed E-state index contributed by atoms with van der Waals surface area (Å²) in [6, 6.07) is 4.78. The second kappa shape index (κ2) is 6.96. The fraction of sp³-hybridized carbons (Fsp3) is 0.462. The molecule has 1 rings (SSSR count). The highest BCUT2D eigenvalue weighted by Crippen LogP contribution is 2.19. The lowest BCUT2D eigenvalue weighted by Gasteiger charge is -2.11. The summed E-state index contributed by atoms with van der Waals surface area (Å²) in [6.07, 6.45) is 0.828. The van der Waals surface area contributed by atoms with Crippen LogP contribution in [-0.4, -0.2) is 31.6 Å². The summed E-state index contributed by atoms with van der Waals surface area (Å²) < 4.78 is 18.6. The van der Waals surface area contributed by atoms with Crippen LogP contribution in [0, 0.1) is 5.82 Å². The van der Waals surface area contributed by atoms with Gasteiger partial charge < -0.3 is 4.74 Å². The Bertz CT molecular complexity index is 408. The van der Waals surface area contributed by atoms with Crippen molar-refractivity contribution in [2.75, 3.05) is 20.7 Å². The molecule has 0 saturated heterocycles. The second-order valence-corrected chi connectivity index (χ2v) is 4.13. The van der Waals surface area contributed by atoms with Gasteiger partial charge in [-0.15, -0.1) is 0 Å². The van der Waals surface area contributed by atoms with E-state index in [1.807, 2.05) is 0 Å². The highest BCUT2D eigenvalue weighted by Gasteiger charge is 2.07. The zero-order valence-corrected chi connectivity index (χ0v) is 11.0. The number of halogens is 1. The number of hydrogen-bond donors (Lipinski definition) is 1. The Morgan fingerprint density at radius 3 is 2.72 bits per heavy atom. The van der Waals surface area contributed by atoms with E-state index in [2.05, 4.69) is 5.43 Å². The number of rotatable bonds is 6. The molecule has 0 aliphatic heterocycles. The number of benzene rings is 1. The number of hydrazine groups is 1. The van der Waals surface area contributed by atoms with Crippen molar-refractivity contribution in [3.8, 4) is 5.75 Å². The highest BCUT2D eigenvalue weighted by molar-refractivity contribution is 5.75. The molecule has 0 aromatic heterocycles. The maximum atomic E-state index is 13.5. The molecule has 0 atom stereocenters. The third kappa shape index (κ3) is 4.71. The van der Waals surface area contributed by atoms with Gasteiger partial charge in [-0.25, -0.2) is 9.40 Å². The van der Waals surface area contributed by atoms with E-state index >= 15 is 0 Å². The molecule has 100 valence electrons. The fourth-order valence-electron chi connectivity index (χ4n) is 1.54. The predicted molar refractivity (Wildman–Crippen MR) is 67.7 cm³/mol. The molecule has 0 spiro atoms. The maximum absolute atomic E-state index is 13.5. The first-order chi connectivity index (χ1) is 8.52. The van der Waals surface area contributed by atoms with Crippen molar-refractivity contribution < 1.29 is 13.9 Å². The molecule has 0 aliphatic carbocycles. The molecule has 1 amide bonds. The molecule has 0 saturated carbocycles. The van der Waals surface area contributed by atoms with Crippen molar-refractivity contribution in [3.05, 3.63) is 29.6 Å². The Balaban J connectivity index is 2.53. The number of amides is 1. The van der Waals surface area contributed by atoms with Crippen LogP contribution in [-0.2, 0) is 11.2 Å². The number of nitrogens with one attached hydrogen (secondary N) is 1. The van der Waals surface area contributed by atoms with Crippen LogP contribution in [0.25, 0.3) is 0 Å². The Kier molecular flexibility index (Phi) is 5.58. The lowest BCUT2D eigenvalue weighted by Crippen LogP contribution is -2.36. The average Bonchev–Trinajstić information content (AvgIpc) is 2.29. The normalized spacial score (nSPS) is 10.5. The number of nitrogens with zero attached hydrogens (tertiary/aromatic N) is 1. The third-order valence-electron chi connectivity index (χ3n) is 2.29. The van der Waals surface area contributed by atoms with Gasteiger partial charge in [0.2, 0.25) is 5.91 Å². The molecule has 0 unspecified atom stereocenters. The molecule has 1 aromatic carbocycles. The van der Waals surface area contributed by atoms with Gasteiger partial charge in [-0.1, -0.05) is 6.07 Å². The second-order valence-electron chi connectivity index (χ2n) is 4.13. The zero-order chi connectivity index (χ0) is 13.5. The lowest BCUT2D eigenvalue weighted by molar-refractivity contribution is -0.124. The summed E-state index contributed by atoms with van der Waals surface area (Å²) in [5.74, 6) is -0.226. The Hall–Kier alpha value is -1.62. The monoisotopic (exact) mass is 254 g/mol. The number of carbonyl (C=O) groups excluding carboxylic acids is 1. The average molecular weight is 254 g/mol. The molecule has 0 bridgehead atoms. The molecule has 0 fully saturated rings. The number of aryl methyl sites for hydroxylation is 1. The molecule has 0 heterocycles. The van der Waals surface area contributed by atoms with Crippen LogP contribution in [0.1, 0.15) is 18.9 Å². The highest BCUT2D eigenvalue weighted by atomic mass is 19.1. The van der Waals surface area contributed by atoms with Crippen molar-refractivity contribution in [1.82, 2.24) is 10.4 Å². The van der Waals surface area contributed by atoms with Gasteiger partial charge in [0.1, 0.15) is 0 Å². The molecule has 0 radical (unpaired) electrons. The van der Waals surface area contributed by atoms with Crippen molar-refractivity contribution >= 4 is 5.91 Å². The van der Waals surface area contributed by atoms with E-state index in [0.717, 1.165) is 5.56 Å². The molecular formula is C13H19FN2O2. The van der Waals surface area contributed by atoms with E-state index in [9.17, 15) is 9.18 Å². The quantitative estimate of drug-likeness (QED) is 0.786. The van der Waals surface area contributed by atoms with Gasteiger partial charge in [0.25, 0.3) is 0 Å². The van der Waals surface area contributed by atoms with Crippen molar-refractivity contribution in [2.24, 2.45) is 0 Å². The molecule has 4 nitrogen and oxygen atoms in total. The molecule has 0 aliphatic rings. The van der Waals surface area contributed by atoms with Gasteiger partial charge in [0.05, 0.1) is 6.61 Å². The summed E-state index contributed by atoms with van der Waals surface area (Å²) >= 11 is 0. The zero-order valence-electron chi connectivity index (χ0n) is 11.0. The maximum Gasteiger partial charge on any atom is 0.234 e. The van der Waals surface area contributed by atoms with Gasteiger partial charge in [-0.3, -0.25) is 10.2 Å². The first kappa shape index (κ1) is 14.4. The van der Waals surface area contributed by atoms with E-state index in [0.29, 0.717) is 19.4 Å². The van der Waals surface area contributed by atoms with Crippen molar-refractivity contribution in [3.63, 3.8) is 0 Å². The third-order valence-corrected chi connectivity index (χ3v) is 2.29. The van der Waals surface area contributed by atoms with Gasteiger partial charge in [-0.2, -0.15) is 0 Å². The van der Waals surface area contributed by atoms with Gasteiger partial charge >= 0.3 is 0 Å². The molecule has 5 heteroatoms. The van der Waals surface area contributed by atoms with E-state index in [1.54, 1.807) is 38.2 Å². The van der Waals surface area contributed by atoms with Crippen molar-refractivity contribution in [2.45, 2.75) is 19.8 Å². The molecule has 18 heavy (non-hydrogen) atoms. The van der Waals surface area contributed by atoms with Crippen LogP contribution in [0.5, 0.6) is 5.75 Å². The summed E-state index contributed by atoms with van der Waals surface area (Å²) in [7, 11) is 3.49. The molecule has 1 N–H and O–H groups in total.